The third-order valence-electron chi connectivity index (χ3n) is 3.61. The monoisotopic (exact) mass is 287 g/mol. The van der Waals surface area contributed by atoms with Crippen molar-refractivity contribution >= 4 is 5.97 Å². The van der Waals surface area contributed by atoms with Crippen LogP contribution < -0.4 is 5.73 Å². The molecule has 5 heteroatoms. The highest BCUT2D eigenvalue weighted by Crippen LogP contribution is 2.23. The highest BCUT2D eigenvalue weighted by atomic mass is 16.6. The fraction of sp³-hybridized carbons (Fsp3) is 0.933. The normalized spacial score (nSPS) is 33.0. The third kappa shape index (κ3) is 5.38. The Hall–Kier alpha value is -0.650. The van der Waals surface area contributed by atoms with Gasteiger partial charge in [-0.25, -0.2) is 0 Å². The number of cyclic esters (lactones) is 1. The lowest BCUT2D eigenvalue weighted by atomic mass is 9.92. The van der Waals surface area contributed by atoms with Gasteiger partial charge in [-0.15, -0.1) is 0 Å². The van der Waals surface area contributed by atoms with Crippen LogP contribution in [0.15, 0.2) is 0 Å². The number of rotatable bonds is 4. The first-order chi connectivity index (χ1) is 9.45. The molecule has 0 amide bonds. The molecule has 0 aromatic carbocycles. The summed E-state index contributed by atoms with van der Waals surface area (Å²) >= 11 is 0. The predicted molar refractivity (Wildman–Crippen MR) is 77.3 cm³/mol. The van der Waals surface area contributed by atoms with Crippen LogP contribution in [0.4, 0.5) is 0 Å². The Morgan fingerprint density at radius 3 is 2.75 bits per heavy atom. The first-order valence-electron chi connectivity index (χ1n) is 7.61. The Bertz CT molecular complexity index is 296. The number of esters is 1. The Balaban J connectivity index is 2.76. The van der Waals surface area contributed by atoms with Gasteiger partial charge in [-0.1, -0.05) is 27.2 Å². The summed E-state index contributed by atoms with van der Waals surface area (Å²) in [4.78, 5) is 11.8. The van der Waals surface area contributed by atoms with Crippen molar-refractivity contribution in [2.45, 2.75) is 58.8 Å². The molecule has 0 aromatic rings. The summed E-state index contributed by atoms with van der Waals surface area (Å²) in [6, 6.07) is -0.707. The molecule has 4 atom stereocenters. The van der Waals surface area contributed by atoms with Crippen LogP contribution in [0.3, 0.4) is 0 Å². The lowest BCUT2D eigenvalue weighted by molar-refractivity contribution is -0.165. The van der Waals surface area contributed by atoms with E-state index in [0.717, 1.165) is 12.8 Å². The molecular formula is C15H29NO4. The van der Waals surface area contributed by atoms with Crippen molar-refractivity contribution in [3.63, 3.8) is 0 Å². The number of carbonyl (C=O) groups is 1. The first-order valence-corrected chi connectivity index (χ1v) is 7.61. The van der Waals surface area contributed by atoms with Crippen LogP contribution in [0.2, 0.25) is 0 Å². The van der Waals surface area contributed by atoms with E-state index in [0.29, 0.717) is 25.0 Å². The summed E-state index contributed by atoms with van der Waals surface area (Å²) < 4.78 is 16.9. The molecule has 0 saturated carbocycles. The molecule has 20 heavy (non-hydrogen) atoms. The van der Waals surface area contributed by atoms with Gasteiger partial charge in [0.15, 0.2) is 0 Å². The van der Waals surface area contributed by atoms with E-state index in [9.17, 15) is 4.79 Å². The van der Waals surface area contributed by atoms with E-state index in [1.165, 1.54) is 0 Å². The van der Waals surface area contributed by atoms with Crippen molar-refractivity contribution < 1.29 is 19.0 Å². The second-order valence-electron chi connectivity index (χ2n) is 5.97. The van der Waals surface area contributed by atoms with Gasteiger partial charge in [0.25, 0.3) is 0 Å². The zero-order chi connectivity index (χ0) is 15.1. The Morgan fingerprint density at radius 2 is 2.15 bits per heavy atom. The van der Waals surface area contributed by atoms with Gasteiger partial charge in [0, 0.05) is 13.2 Å². The fourth-order valence-corrected chi connectivity index (χ4v) is 2.41. The van der Waals surface area contributed by atoms with Crippen molar-refractivity contribution in [2.75, 3.05) is 19.8 Å². The van der Waals surface area contributed by atoms with Crippen LogP contribution in [0, 0.1) is 11.8 Å². The van der Waals surface area contributed by atoms with Crippen molar-refractivity contribution in [3.8, 4) is 0 Å². The van der Waals surface area contributed by atoms with Gasteiger partial charge < -0.3 is 19.9 Å². The number of carbonyl (C=O) groups excluding carboxylic acids is 1. The fourth-order valence-electron chi connectivity index (χ4n) is 2.41. The zero-order valence-electron chi connectivity index (χ0n) is 13.1. The topological polar surface area (TPSA) is 70.8 Å². The zero-order valence-corrected chi connectivity index (χ0v) is 13.1. The Kier molecular flexibility index (Phi) is 7.48. The molecule has 1 heterocycles. The minimum atomic E-state index is -0.707. The molecule has 118 valence electrons. The number of hydrogen-bond acceptors (Lipinski definition) is 5. The summed E-state index contributed by atoms with van der Waals surface area (Å²) in [5.41, 5.74) is 5.72. The highest BCUT2D eigenvalue weighted by Gasteiger charge is 2.31. The molecule has 0 aliphatic carbocycles. The molecular weight excluding hydrogens is 258 g/mol. The molecule has 5 nitrogen and oxygen atoms in total. The van der Waals surface area contributed by atoms with E-state index in [1.807, 2.05) is 6.92 Å². The van der Waals surface area contributed by atoms with Gasteiger partial charge in [-0.05, 0) is 25.2 Å². The molecule has 0 unspecified atom stereocenters. The molecule has 1 saturated heterocycles. The van der Waals surface area contributed by atoms with Crippen LogP contribution in [0.5, 0.6) is 0 Å². The minimum absolute atomic E-state index is 0.0970. The largest absolute Gasteiger partial charge is 0.459 e. The lowest BCUT2D eigenvalue weighted by Crippen LogP contribution is -2.45. The van der Waals surface area contributed by atoms with Crippen LogP contribution in [-0.2, 0) is 19.0 Å². The second kappa shape index (κ2) is 8.60. The predicted octanol–water partition coefficient (Wildman–Crippen LogP) is 1.73. The number of hydrogen-bond donors (Lipinski definition) is 1. The van der Waals surface area contributed by atoms with Crippen LogP contribution in [-0.4, -0.2) is 44.0 Å². The van der Waals surface area contributed by atoms with Crippen LogP contribution in [0.1, 0.15) is 40.5 Å². The third-order valence-corrected chi connectivity index (χ3v) is 3.61. The Labute approximate surface area is 122 Å². The van der Waals surface area contributed by atoms with Crippen LogP contribution in [0.25, 0.3) is 0 Å². The van der Waals surface area contributed by atoms with E-state index < -0.39 is 12.0 Å². The molecule has 1 fully saturated rings. The average molecular weight is 287 g/mol. The van der Waals surface area contributed by atoms with Crippen molar-refractivity contribution in [1.82, 2.24) is 0 Å². The molecule has 1 aliphatic heterocycles. The lowest BCUT2D eigenvalue weighted by Gasteiger charge is -2.33. The first kappa shape index (κ1) is 17.4. The Morgan fingerprint density at radius 1 is 1.45 bits per heavy atom. The van der Waals surface area contributed by atoms with E-state index in [-0.39, 0.29) is 18.8 Å². The maximum atomic E-state index is 11.8. The molecule has 0 aromatic heterocycles. The SMILES string of the molecule is CC[C@H]1CCOC[C@H](N)C(=O)O[C@@H](C)[C@@H]1OCC(C)C. The molecule has 2 N–H and O–H groups in total. The van der Waals surface area contributed by atoms with Gasteiger partial charge >= 0.3 is 5.97 Å². The smallest absolute Gasteiger partial charge is 0.325 e. The van der Waals surface area contributed by atoms with E-state index in [1.54, 1.807) is 0 Å². The van der Waals surface area contributed by atoms with Gasteiger partial charge in [0.05, 0.1) is 12.7 Å². The van der Waals surface area contributed by atoms with Crippen molar-refractivity contribution in [3.05, 3.63) is 0 Å². The quantitative estimate of drug-likeness (QED) is 0.797. The second-order valence-corrected chi connectivity index (χ2v) is 5.97. The summed E-state index contributed by atoms with van der Waals surface area (Å²) in [5.74, 6) is 0.364. The summed E-state index contributed by atoms with van der Waals surface area (Å²) in [6.07, 6.45) is 1.49. The standard InChI is InChI=1S/C15H29NO4/c1-5-12-6-7-18-9-13(16)15(17)20-11(4)14(12)19-8-10(2)3/h10-14H,5-9,16H2,1-4H3/t11-,12-,13-,14-/m0/s1. The average Bonchev–Trinajstić information content (AvgIpc) is 2.39. The maximum absolute atomic E-state index is 11.8. The van der Waals surface area contributed by atoms with Gasteiger partial charge in [0.1, 0.15) is 12.1 Å². The van der Waals surface area contributed by atoms with E-state index in [2.05, 4.69) is 20.8 Å². The van der Waals surface area contributed by atoms with E-state index in [4.69, 9.17) is 19.9 Å². The maximum Gasteiger partial charge on any atom is 0.325 e. The van der Waals surface area contributed by atoms with E-state index >= 15 is 0 Å². The molecule has 0 radical (unpaired) electrons. The number of nitrogens with two attached hydrogens (primary N) is 1. The summed E-state index contributed by atoms with van der Waals surface area (Å²) in [5, 5.41) is 0. The summed E-state index contributed by atoms with van der Waals surface area (Å²) in [6.45, 7) is 9.72. The van der Waals surface area contributed by atoms with Gasteiger partial charge in [-0.3, -0.25) is 4.79 Å². The number of ether oxygens (including phenoxy) is 3. The van der Waals surface area contributed by atoms with Crippen molar-refractivity contribution in [1.29, 1.82) is 0 Å². The molecule has 0 spiro atoms. The molecule has 1 rings (SSSR count). The molecule has 0 bridgehead atoms. The minimum Gasteiger partial charge on any atom is -0.459 e. The highest BCUT2D eigenvalue weighted by molar-refractivity contribution is 5.75. The molecule has 1 aliphatic rings. The van der Waals surface area contributed by atoms with Crippen molar-refractivity contribution in [2.24, 2.45) is 17.6 Å². The summed E-state index contributed by atoms with van der Waals surface area (Å²) in [7, 11) is 0. The van der Waals surface area contributed by atoms with Crippen LogP contribution >= 0.6 is 0 Å². The van der Waals surface area contributed by atoms with Gasteiger partial charge in [0.2, 0.25) is 0 Å². The van der Waals surface area contributed by atoms with Gasteiger partial charge in [-0.2, -0.15) is 0 Å².